The molecule has 66 heavy (non-hydrogen) atoms. The summed E-state index contributed by atoms with van der Waals surface area (Å²) in [5.41, 5.74) is 26.9. The lowest BCUT2D eigenvalue weighted by Crippen LogP contribution is -2.24. The summed E-state index contributed by atoms with van der Waals surface area (Å²) in [5.74, 6) is 0. The highest BCUT2D eigenvalue weighted by Gasteiger charge is 2.36. The van der Waals surface area contributed by atoms with Crippen LogP contribution in [0.1, 0.15) is 0 Å². The molecule has 3 aliphatic rings. The number of halogens is 2. The molecular weight excluding hydrogens is 892 g/mol. The van der Waals surface area contributed by atoms with E-state index in [4.69, 9.17) is 17.3 Å². The average Bonchev–Trinajstić information content (AvgIpc) is 3.58. The van der Waals surface area contributed by atoms with Gasteiger partial charge in [-0.1, -0.05) is 197 Å². The second kappa shape index (κ2) is 17.6. The number of nitrogens with zero attached hydrogens (tertiary/aromatic N) is 3. The molecule has 2 N–H and O–H groups in total. The molecule has 6 heteroatoms. The number of anilines is 10. The lowest BCUT2D eigenvalue weighted by atomic mass is 9.94. The zero-order valence-electron chi connectivity index (χ0n) is 35.8. The van der Waals surface area contributed by atoms with Crippen molar-refractivity contribution < 1.29 is 0 Å². The minimum absolute atomic E-state index is 0.697. The Balaban J connectivity index is 0.000000129. The molecule has 0 amide bonds. The smallest absolute Gasteiger partial charge is 0.0782 e. The summed E-state index contributed by atoms with van der Waals surface area (Å²) in [7, 11) is 0. The number of nitrogen functional groups attached to an aromatic ring is 1. The summed E-state index contributed by atoms with van der Waals surface area (Å²) in [6, 6.07) is 84.4. The highest BCUT2D eigenvalue weighted by Crippen LogP contribution is 2.60. The van der Waals surface area contributed by atoms with E-state index in [0.717, 1.165) is 32.7 Å². The summed E-state index contributed by atoms with van der Waals surface area (Å²) in [5, 5.41) is 0.697. The van der Waals surface area contributed by atoms with Crippen LogP contribution >= 0.6 is 27.5 Å². The van der Waals surface area contributed by atoms with Gasteiger partial charge in [-0.05, 0) is 95.1 Å². The Morgan fingerprint density at radius 1 is 0.288 bits per heavy atom. The summed E-state index contributed by atoms with van der Waals surface area (Å²) < 4.78 is 1.13. The molecule has 3 heterocycles. The van der Waals surface area contributed by atoms with Gasteiger partial charge in [-0.15, -0.1) is 0 Å². The molecule has 0 saturated heterocycles. The van der Waals surface area contributed by atoms with Gasteiger partial charge in [0.15, 0.2) is 0 Å². The van der Waals surface area contributed by atoms with E-state index < -0.39 is 0 Å². The van der Waals surface area contributed by atoms with Crippen molar-refractivity contribution in [2.45, 2.75) is 0 Å². The van der Waals surface area contributed by atoms with Crippen LogP contribution in [0.4, 0.5) is 56.9 Å². The van der Waals surface area contributed by atoms with Gasteiger partial charge in [0.25, 0.3) is 0 Å². The Morgan fingerprint density at radius 2 is 0.652 bits per heavy atom. The molecule has 4 nitrogen and oxygen atoms in total. The van der Waals surface area contributed by atoms with E-state index in [1.807, 2.05) is 66.7 Å². The van der Waals surface area contributed by atoms with Gasteiger partial charge in [-0.25, -0.2) is 0 Å². The fraction of sp³-hybridized carbons (Fsp3) is 0. The second-order valence-electron chi connectivity index (χ2n) is 16.1. The summed E-state index contributed by atoms with van der Waals surface area (Å²) in [6.07, 6.45) is 0. The number of hydrogen-bond donors (Lipinski definition) is 1. The van der Waals surface area contributed by atoms with Crippen LogP contribution in [0.5, 0.6) is 0 Å². The van der Waals surface area contributed by atoms with E-state index >= 15 is 0 Å². The third kappa shape index (κ3) is 7.19. The van der Waals surface area contributed by atoms with Crippen LogP contribution in [0.25, 0.3) is 44.5 Å². The normalized spacial score (nSPS) is 12.1. The van der Waals surface area contributed by atoms with E-state index in [9.17, 15) is 0 Å². The van der Waals surface area contributed by atoms with Gasteiger partial charge in [-0.3, -0.25) is 0 Å². The Hall–Kier alpha value is -7.83. The van der Waals surface area contributed by atoms with Crippen molar-refractivity contribution >= 4 is 84.4 Å². The van der Waals surface area contributed by atoms with Crippen LogP contribution in [0.2, 0.25) is 5.02 Å². The fourth-order valence-electron chi connectivity index (χ4n) is 9.50. The standard InChI is InChI=1S/C30H20N2.C24H17ClN2.C6H5Br/c1-2-11-21(12-3-1)31-27-18-8-9-19-28(27)32-26-17-7-6-15-24(26)22-13-4-5-14-23(22)25-16-10-20-29(31)30(25)32;25-20-12-7-11-19-17-9-2-1-8-16(17)18-10-3-5-14-22(18)27(24(19)20)23-15-6-4-13-21(23)26;7-6-4-2-1-3-5-6/h1-20H;1-15H,26H2;1-5H. The molecule has 316 valence electrons. The molecule has 0 radical (unpaired) electrons. The highest BCUT2D eigenvalue weighted by atomic mass is 79.9. The first-order valence-corrected chi connectivity index (χ1v) is 23.1. The zero-order valence-corrected chi connectivity index (χ0v) is 38.1. The van der Waals surface area contributed by atoms with Crippen molar-refractivity contribution in [3.8, 4) is 44.5 Å². The van der Waals surface area contributed by atoms with Crippen molar-refractivity contribution in [1.29, 1.82) is 0 Å². The molecule has 0 fully saturated rings. The Bertz CT molecular complexity index is 3390. The molecular formula is C60H42BrClN4. The Labute approximate surface area is 399 Å². The maximum absolute atomic E-state index is 6.76. The van der Waals surface area contributed by atoms with Gasteiger partial charge >= 0.3 is 0 Å². The van der Waals surface area contributed by atoms with Gasteiger partial charge in [0.2, 0.25) is 0 Å². The molecule has 10 aromatic carbocycles. The lowest BCUT2D eigenvalue weighted by Gasteiger charge is -2.41. The minimum Gasteiger partial charge on any atom is -0.397 e. The molecule has 0 atom stereocenters. The molecule has 0 aliphatic carbocycles. The third-order valence-corrected chi connectivity index (χ3v) is 13.1. The molecule has 3 aliphatic heterocycles. The van der Waals surface area contributed by atoms with Crippen molar-refractivity contribution in [1.82, 2.24) is 0 Å². The number of para-hydroxylation sites is 9. The van der Waals surface area contributed by atoms with Crippen molar-refractivity contribution in [3.63, 3.8) is 0 Å². The molecule has 0 bridgehead atoms. The monoisotopic (exact) mass is 932 g/mol. The average molecular weight is 934 g/mol. The molecule has 0 spiro atoms. The summed E-state index contributed by atoms with van der Waals surface area (Å²) in [4.78, 5) is 7.03. The quantitative estimate of drug-likeness (QED) is 0.175. The van der Waals surface area contributed by atoms with Crippen LogP contribution < -0.4 is 20.4 Å². The van der Waals surface area contributed by atoms with Gasteiger partial charge < -0.3 is 20.4 Å². The number of nitrogens with two attached hydrogens (primary N) is 1. The van der Waals surface area contributed by atoms with Crippen molar-refractivity contribution in [3.05, 3.63) is 252 Å². The summed E-state index contributed by atoms with van der Waals surface area (Å²) in [6.45, 7) is 0. The predicted octanol–water partition coefficient (Wildman–Crippen LogP) is 18.1. The van der Waals surface area contributed by atoms with Gasteiger partial charge in [-0.2, -0.15) is 0 Å². The number of benzene rings is 10. The number of rotatable bonds is 2. The zero-order chi connectivity index (χ0) is 44.6. The summed E-state index contributed by atoms with van der Waals surface area (Å²) >= 11 is 10.1. The van der Waals surface area contributed by atoms with Crippen LogP contribution in [0.3, 0.4) is 0 Å². The Kier molecular flexibility index (Phi) is 10.9. The van der Waals surface area contributed by atoms with Crippen LogP contribution in [0, 0.1) is 0 Å². The number of fused-ring (bicyclic) bond motifs is 12. The second-order valence-corrected chi connectivity index (χ2v) is 17.4. The van der Waals surface area contributed by atoms with E-state index in [-0.39, 0.29) is 0 Å². The van der Waals surface area contributed by atoms with Crippen LogP contribution in [-0.4, -0.2) is 0 Å². The van der Waals surface area contributed by atoms with E-state index in [1.54, 1.807) is 0 Å². The van der Waals surface area contributed by atoms with Crippen molar-refractivity contribution in [2.75, 3.05) is 20.4 Å². The molecule has 13 rings (SSSR count). The predicted molar refractivity (Wildman–Crippen MR) is 283 cm³/mol. The molecule has 0 saturated carbocycles. The molecule has 10 aromatic rings. The fourth-order valence-corrected chi connectivity index (χ4v) is 10.1. The van der Waals surface area contributed by atoms with Crippen LogP contribution in [0.15, 0.2) is 247 Å². The largest absolute Gasteiger partial charge is 0.397 e. The van der Waals surface area contributed by atoms with Gasteiger partial charge in [0, 0.05) is 32.4 Å². The Morgan fingerprint density at radius 3 is 1.18 bits per heavy atom. The van der Waals surface area contributed by atoms with Crippen LogP contribution in [-0.2, 0) is 0 Å². The lowest BCUT2D eigenvalue weighted by molar-refractivity contribution is 1.18. The van der Waals surface area contributed by atoms with Gasteiger partial charge in [0.1, 0.15) is 0 Å². The first kappa shape index (κ1) is 40.9. The third-order valence-electron chi connectivity index (χ3n) is 12.3. The molecule has 0 aromatic heterocycles. The highest BCUT2D eigenvalue weighted by molar-refractivity contribution is 9.10. The van der Waals surface area contributed by atoms with Crippen molar-refractivity contribution in [2.24, 2.45) is 0 Å². The first-order chi connectivity index (χ1) is 32.6. The SMILES string of the molecule is Brc1ccccc1.Nc1ccccc1N1c2ccccc2-c2ccccc2-c2cccc(Cl)c21.c1ccc(N2c3ccccc3N3c4ccccc4-c4ccccc4-c4cccc2c43)cc1. The maximum atomic E-state index is 6.76. The topological polar surface area (TPSA) is 35.7 Å². The van der Waals surface area contributed by atoms with Gasteiger partial charge in [0.05, 0.1) is 56.2 Å². The minimum atomic E-state index is 0.697. The maximum Gasteiger partial charge on any atom is 0.0782 e. The number of hydrogen-bond acceptors (Lipinski definition) is 4. The van der Waals surface area contributed by atoms with E-state index in [1.165, 1.54) is 67.5 Å². The van der Waals surface area contributed by atoms with E-state index in [0.29, 0.717) is 10.7 Å². The van der Waals surface area contributed by atoms with E-state index in [2.05, 4.69) is 207 Å². The molecule has 0 unspecified atom stereocenters. The first-order valence-electron chi connectivity index (χ1n) is 22.0.